The zero-order valence-electron chi connectivity index (χ0n) is 15.3. The molecule has 1 heterocycles. The average molecular weight is 409 g/mol. The zero-order valence-corrected chi connectivity index (χ0v) is 16.2. The van der Waals surface area contributed by atoms with Crippen LogP contribution in [0.25, 0.3) is 16.9 Å². The highest BCUT2D eigenvalue weighted by Crippen LogP contribution is 2.35. The molecule has 0 spiro atoms. The third-order valence-electron chi connectivity index (χ3n) is 4.85. The van der Waals surface area contributed by atoms with Gasteiger partial charge >= 0.3 is 0 Å². The summed E-state index contributed by atoms with van der Waals surface area (Å²) in [5.74, 6) is -1.53. The second-order valence-corrected chi connectivity index (χ2v) is 8.49. The molecule has 0 saturated carbocycles. The smallest absolute Gasteiger partial charge is 0.265 e. The Kier molecular flexibility index (Phi) is 4.47. The van der Waals surface area contributed by atoms with E-state index in [9.17, 15) is 22.7 Å². The first-order valence-corrected chi connectivity index (χ1v) is 10.2. The zero-order chi connectivity index (χ0) is 20.8. The van der Waals surface area contributed by atoms with E-state index in [1.807, 2.05) is 0 Å². The molecule has 0 radical (unpaired) electrons. The number of fused-ring (bicyclic) bond motifs is 1. The lowest BCUT2D eigenvalue weighted by Crippen LogP contribution is -2.37. The number of nitrogens with zero attached hydrogens (tertiary/aromatic N) is 1. The number of rotatable bonds is 2. The van der Waals surface area contributed by atoms with Crippen molar-refractivity contribution in [3.05, 3.63) is 95.4 Å². The van der Waals surface area contributed by atoms with Gasteiger partial charge in [-0.05, 0) is 29.8 Å². The Bertz CT molecular complexity index is 1280. The van der Waals surface area contributed by atoms with Crippen LogP contribution in [-0.4, -0.2) is 30.7 Å². The van der Waals surface area contributed by atoms with Crippen molar-refractivity contribution in [3.8, 4) is 11.1 Å². The minimum absolute atomic E-state index is 0.00240. The van der Waals surface area contributed by atoms with Crippen LogP contribution in [0.4, 0.5) is 4.39 Å². The lowest BCUT2D eigenvalue weighted by atomic mass is 9.99. The van der Waals surface area contributed by atoms with Gasteiger partial charge in [0.1, 0.15) is 11.5 Å². The van der Waals surface area contributed by atoms with Gasteiger partial charge in [-0.25, -0.2) is 12.8 Å². The monoisotopic (exact) mass is 409 g/mol. The molecule has 4 rings (SSSR count). The van der Waals surface area contributed by atoms with Gasteiger partial charge in [0, 0.05) is 23.7 Å². The highest BCUT2D eigenvalue weighted by Gasteiger charge is 2.39. The number of carbonyl (C=O) groups excluding carboxylic acids is 1. The van der Waals surface area contributed by atoms with Gasteiger partial charge in [-0.1, -0.05) is 48.5 Å². The van der Waals surface area contributed by atoms with Gasteiger partial charge in [-0.2, -0.15) is 0 Å². The van der Waals surface area contributed by atoms with Crippen LogP contribution in [0.2, 0.25) is 0 Å². The lowest BCUT2D eigenvalue weighted by Gasteiger charge is -2.28. The van der Waals surface area contributed by atoms with Crippen molar-refractivity contribution < 1.29 is 22.7 Å². The van der Waals surface area contributed by atoms with Crippen LogP contribution in [-0.2, 0) is 10.0 Å². The van der Waals surface area contributed by atoms with Crippen LogP contribution in [0, 0.1) is 5.82 Å². The molecule has 3 aromatic rings. The summed E-state index contributed by atoms with van der Waals surface area (Å²) in [6.45, 7) is 0. The van der Waals surface area contributed by atoms with Gasteiger partial charge in [0.15, 0.2) is 5.76 Å². The Hall–Kier alpha value is -3.45. The normalized spacial score (nSPS) is 17.0. The first-order valence-electron chi connectivity index (χ1n) is 8.73. The number of halogens is 1. The van der Waals surface area contributed by atoms with Crippen LogP contribution >= 0.6 is 0 Å². The van der Waals surface area contributed by atoms with Gasteiger partial charge in [-0.3, -0.25) is 9.10 Å². The fourth-order valence-corrected chi connectivity index (χ4v) is 4.73. The molecule has 0 aliphatic carbocycles. The molecule has 146 valence electrons. The molecule has 0 saturated heterocycles. The van der Waals surface area contributed by atoms with E-state index in [-0.39, 0.29) is 21.7 Å². The second-order valence-electron chi connectivity index (χ2n) is 6.56. The van der Waals surface area contributed by atoms with E-state index in [2.05, 4.69) is 0 Å². The van der Waals surface area contributed by atoms with Gasteiger partial charge in [0.05, 0.1) is 4.90 Å². The predicted octanol–water partition coefficient (Wildman–Crippen LogP) is 4.24. The maximum absolute atomic E-state index is 14.1. The first kappa shape index (κ1) is 18.9. The van der Waals surface area contributed by atoms with Gasteiger partial charge < -0.3 is 5.11 Å². The summed E-state index contributed by atoms with van der Waals surface area (Å²) in [5.41, 5.74) is 0.665. The third kappa shape index (κ3) is 3.00. The number of likely N-dealkylation sites (N-methyl/N-ethyl adjacent to an activating group) is 1. The molecule has 29 heavy (non-hydrogen) atoms. The van der Waals surface area contributed by atoms with Crippen LogP contribution in [0.5, 0.6) is 0 Å². The standard InChI is InChI=1S/C22H16FNO4S/c1-24-20(22(26)17-10-3-5-12-19(17)29(24,27)28)21(25)15-8-6-7-14(13-15)16-9-2-4-11-18(16)23/h2-13,25H,1H3. The van der Waals surface area contributed by atoms with Crippen LogP contribution in [0.15, 0.2) is 83.4 Å². The van der Waals surface area contributed by atoms with Crippen LogP contribution in [0.3, 0.4) is 0 Å². The highest BCUT2D eigenvalue weighted by molar-refractivity contribution is 7.89. The molecule has 3 aromatic carbocycles. The first-order chi connectivity index (χ1) is 13.8. The maximum Gasteiger partial charge on any atom is 0.265 e. The molecule has 5 nitrogen and oxygen atoms in total. The molecule has 1 N–H and O–H groups in total. The van der Waals surface area contributed by atoms with Crippen molar-refractivity contribution in [1.82, 2.24) is 4.31 Å². The van der Waals surface area contributed by atoms with E-state index in [0.717, 1.165) is 4.31 Å². The number of carbonyl (C=O) groups is 1. The van der Waals surface area contributed by atoms with Gasteiger partial charge in [-0.15, -0.1) is 0 Å². The molecule has 0 aromatic heterocycles. The minimum atomic E-state index is -3.99. The number of hydrogen-bond donors (Lipinski definition) is 1. The number of allylic oxidation sites excluding steroid dienone is 1. The molecular weight excluding hydrogens is 393 g/mol. The molecule has 0 bridgehead atoms. The maximum atomic E-state index is 14.1. The third-order valence-corrected chi connectivity index (χ3v) is 6.66. The predicted molar refractivity (Wildman–Crippen MR) is 107 cm³/mol. The summed E-state index contributed by atoms with van der Waals surface area (Å²) in [7, 11) is -2.77. The summed E-state index contributed by atoms with van der Waals surface area (Å²) >= 11 is 0. The molecule has 1 aliphatic heterocycles. The Morgan fingerprint density at radius 3 is 2.31 bits per heavy atom. The van der Waals surface area contributed by atoms with Crippen LogP contribution < -0.4 is 0 Å². The second kappa shape index (κ2) is 6.86. The molecule has 0 atom stereocenters. The van der Waals surface area contributed by atoms with Crippen molar-refractivity contribution in [1.29, 1.82) is 0 Å². The van der Waals surface area contributed by atoms with Gasteiger partial charge in [0.25, 0.3) is 10.0 Å². The number of aliphatic hydroxyl groups is 1. The number of ketones is 1. The number of Topliss-reactive ketones (excluding diaryl/α,β-unsaturated/α-hetero) is 1. The van der Waals surface area contributed by atoms with E-state index in [4.69, 9.17) is 0 Å². The topological polar surface area (TPSA) is 74.7 Å². The summed E-state index contributed by atoms with van der Waals surface area (Å²) < 4.78 is 40.5. The minimum Gasteiger partial charge on any atom is -0.505 e. The molecule has 0 unspecified atom stereocenters. The number of sulfonamides is 1. The number of benzene rings is 3. The quantitative estimate of drug-likeness (QED) is 0.508. The summed E-state index contributed by atoms with van der Waals surface area (Å²) in [6, 6.07) is 18.3. The lowest BCUT2D eigenvalue weighted by molar-refractivity contribution is 0.100. The average Bonchev–Trinajstić information content (AvgIpc) is 2.73. The molecular formula is C22H16FNO4S. The van der Waals surface area contributed by atoms with E-state index in [1.54, 1.807) is 36.4 Å². The highest BCUT2D eigenvalue weighted by atomic mass is 32.2. The summed E-state index contributed by atoms with van der Waals surface area (Å²) in [6.07, 6.45) is 0. The molecule has 7 heteroatoms. The molecule has 1 aliphatic rings. The molecule has 0 fully saturated rings. The Morgan fingerprint density at radius 1 is 0.931 bits per heavy atom. The number of aliphatic hydroxyl groups excluding tert-OH is 1. The van der Waals surface area contributed by atoms with Crippen molar-refractivity contribution >= 4 is 21.6 Å². The van der Waals surface area contributed by atoms with Crippen molar-refractivity contribution in [2.75, 3.05) is 7.05 Å². The largest absolute Gasteiger partial charge is 0.505 e. The Balaban J connectivity index is 1.90. The van der Waals surface area contributed by atoms with E-state index in [1.165, 1.54) is 43.4 Å². The Morgan fingerprint density at radius 2 is 1.59 bits per heavy atom. The van der Waals surface area contributed by atoms with Gasteiger partial charge in [0.2, 0.25) is 5.78 Å². The van der Waals surface area contributed by atoms with Crippen molar-refractivity contribution in [2.24, 2.45) is 0 Å². The van der Waals surface area contributed by atoms with Crippen LogP contribution in [0.1, 0.15) is 15.9 Å². The fraction of sp³-hybridized carbons (Fsp3) is 0.0455. The molecule has 0 amide bonds. The summed E-state index contributed by atoms with van der Waals surface area (Å²) in [4.78, 5) is 12.8. The Labute approximate surface area is 167 Å². The summed E-state index contributed by atoms with van der Waals surface area (Å²) in [5, 5.41) is 10.8. The van der Waals surface area contributed by atoms with E-state index in [0.29, 0.717) is 11.1 Å². The van der Waals surface area contributed by atoms with E-state index < -0.39 is 27.4 Å². The van der Waals surface area contributed by atoms with E-state index >= 15 is 0 Å². The SMILES string of the molecule is CN1C(=C(O)c2cccc(-c3ccccc3F)c2)C(=O)c2ccccc2S1(=O)=O. The number of hydrogen-bond acceptors (Lipinski definition) is 4. The van der Waals surface area contributed by atoms with Crippen molar-refractivity contribution in [2.45, 2.75) is 4.90 Å². The fourth-order valence-electron chi connectivity index (χ4n) is 3.34. The van der Waals surface area contributed by atoms with Crippen molar-refractivity contribution in [3.63, 3.8) is 0 Å².